The molecule has 0 aromatic rings. The maximum atomic E-state index is 10.7. The normalized spacial score (nSPS) is 32.9. The summed E-state index contributed by atoms with van der Waals surface area (Å²) >= 11 is 5.23. The first-order valence-electron chi connectivity index (χ1n) is 2.77. The van der Waals surface area contributed by atoms with E-state index in [-0.39, 0.29) is 5.88 Å². The fourth-order valence-electron chi connectivity index (χ4n) is 0.663. The van der Waals surface area contributed by atoms with Crippen LogP contribution >= 0.6 is 11.6 Å². The fraction of sp³-hybridized carbons (Fsp3) is 1.00. The van der Waals surface area contributed by atoms with Crippen molar-refractivity contribution < 1.29 is 24.6 Å². The SMILES string of the molecule is O=S1(=O)CC(CCl)OS(=O)(=O)O1. The lowest BCUT2D eigenvalue weighted by Gasteiger charge is -2.18. The molecule has 0 spiro atoms. The minimum Gasteiger partial charge on any atom is -0.242 e. The van der Waals surface area contributed by atoms with Gasteiger partial charge in [-0.1, -0.05) is 0 Å². The molecule has 0 bridgehead atoms. The summed E-state index contributed by atoms with van der Waals surface area (Å²) in [6.45, 7) is 0. The third-order valence-corrected chi connectivity index (χ3v) is 4.13. The van der Waals surface area contributed by atoms with E-state index in [2.05, 4.69) is 7.81 Å². The molecule has 1 heterocycles. The molecule has 1 aliphatic heterocycles. The Morgan fingerprint density at radius 2 is 1.92 bits per heavy atom. The van der Waals surface area contributed by atoms with E-state index < -0.39 is 32.4 Å². The monoisotopic (exact) mass is 236 g/mol. The van der Waals surface area contributed by atoms with Gasteiger partial charge in [0, 0.05) is 0 Å². The van der Waals surface area contributed by atoms with Gasteiger partial charge in [0.2, 0.25) is 0 Å². The molecule has 9 heteroatoms. The maximum absolute atomic E-state index is 10.7. The van der Waals surface area contributed by atoms with E-state index in [1.165, 1.54) is 0 Å². The number of rotatable bonds is 1. The second kappa shape index (κ2) is 3.11. The Kier molecular flexibility index (Phi) is 2.64. The molecule has 72 valence electrons. The summed E-state index contributed by atoms with van der Waals surface area (Å²) in [5, 5.41) is 0. The number of hydrogen-bond acceptors (Lipinski definition) is 6. The van der Waals surface area contributed by atoms with Gasteiger partial charge in [-0.05, 0) is 0 Å². The van der Waals surface area contributed by atoms with Gasteiger partial charge in [-0.15, -0.1) is 15.2 Å². The molecule has 0 N–H and O–H groups in total. The first kappa shape index (κ1) is 10.2. The highest BCUT2D eigenvalue weighted by Gasteiger charge is 2.36. The van der Waals surface area contributed by atoms with E-state index in [1.54, 1.807) is 0 Å². The average molecular weight is 237 g/mol. The third kappa shape index (κ3) is 2.56. The number of halogens is 1. The van der Waals surface area contributed by atoms with Crippen LogP contribution in [0, 0.1) is 0 Å². The van der Waals surface area contributed by atoms with Crippen LogP contribution in [0.1, 0.15) is 0 Å². The van der Waals surface area contributed by atoms with E-state index in [9.17, 15) is 16.8 Å². The Bertz CT molecular complexity index is 320. The molecule has 1 fully saturated rings. The van der Waals surface area contributed by atoms with Crippen molar-refractivity contribution in [3.8, 4) is 0 Å². The van der Waals surface area contributed by atoms with Crippen LogP contribution in [-0.4, -0.2) is 34.6 Å². The highest BCUT2D eigenvalue weighted by Crippen LogP contribution is 2.16. The molecule has 1 rings (SSSR count). The van der Waals surface area contributed by atoms with Crippen molar-refractivity contribution in [1.29, 1.82) is 0 Å². The van der Waals surface area contributed by atoms with Crippen LogP contribution in [0.5, 0.6) is 0 Å². The van der Waals surface area contributed by atoms with Crippen molar-refractivity contribution in [2.45, 2.75) is 6.10 Å². The zero-order valence-electron chi connectivity index (χ0n) is 5.64. The first-order valence-corrected chi connectivity index (χ1v) is 6.22. The highest BCUT2D eigenvalue weighted by atomic mass is 35.5. The van der Waals surface area contributed by atoms with Gasteiger partial charge in [-0.3, -0.25) is 0 Å². The largest absolute Gasteiger partial charge is 0.414 e. The topological polar surface area (TPSA) is 86.7 Å². The molecule has 1 unspecified atom stereocenters. The zero-order chi connectivity index (χ0) is 9.41. The van der Waals surface area contributed by atoms with Crippen molar-refractivity contribution in [2.75, 3.05) is 11.6 Å². The smallest absolute Gasteiger partial charge is 0.242 e. The van der Waals surface area contributed by atoms with Gasteiger partial charge in [0.25, 0.3) is 10.1 Å². The lowest BCUT2D eigenvalue weighted by atomic mass is 10.5. The van der Waals surface area contributed by atoms with Crippen LogP contribution in [-0.2, 0) is 28.3 Å². The van der Waals surface area contributed by atoms with E-state index in [0.717, 1.165) is 0 Å². The summed E-state index contributed by atoms with van der Waals surface area (Å²) in [6.07, 6.45) is -1.06. The molecule has 6 nitrogen and oxygen atoms in total. The molecule has 0 saturated carbocycles. The van der Waals surface area contributed by atoms with Crippen molar-refractivity contribution in [3.63, 3.8) is 0 Å². The fourth-order valence-corrected chi connectivity index (χ4v) is 3.60. The Morgan fingerprint density at radius 1 is 1.33 bits per heavy atom. The number of alkyl halides is 1. The van der Waals surface area contributed by atoms with Crippen LogP contribution < -0.4 is 0 Å². The molecule has 0 aromatic carbocycles. The van der Waals surface area contributed by atoms with E-state index in [4.69, 9.17) is 11.6 Å². The van der Waals surface area contributed by atoms with E-state index >= 15 is 0 Å². The molecular formula is C3H5ClO6S2. The van der Waals surface area contributed by atoms with Gasteiger partial charge in [-0.2, -0.15) is 16.8 Å². The Balaban J connectivity index is 2.96. The van der Waals surface area contributed by atoms with Crippen molar-refractivity contribution >= 4 is 32.1 Å². The van der Waals surface area contributed by atoms with Gasteiger partial charge < -0.3 is 0 Å². The van der Waals surface area contributed by atoms with Gasteiger partial charge in [-0.25, -0.2) is 4.18 Å². The second-order valence-corrected chi connectivity index (χ2v) is 5.38. The molecule has 1 aliphatic rings. The molecule has 1 saturated heterocycles. The van der Waals surface area contributed by atoms with Gasteiger partial charge >= 0.3 is 10.4 Å². The van der Waals surface area contributed by atoms with Crippen LogP contribution in [0.3, 0.4) is 0 Å². The molecule has 1 atom stereocenters. The molecule has 0 aromatic heterocycles. The quantitative estimate of drug-likeness (QED) is 0.555. The van der Waals surface area contributed by atoms with Crippen LogP contribution in [0.25, 0.3) is 0 Å². The maximum Gasteiger partial charge on any atom is 0.414 e. The van der Waals surface area contributed by atoms with Crippen molar-refractivity contribution in [1.82, 2.24) is 0 Å². The Hall–Kier alpha value is 0.110. The third-order valence-electron chi connectivity index (χ3n) is 1.00. The minimum absolute atomic E-state index is 0.220. The lowest BCUT2D eigenvalue weighted by molar-refractivity contribution is 0.204. The Morgan fingerprint density at radius 3 is 2.33 bits per heavy atom. The predicted molar refractivity (Wildman–Crippen MR) is 39.4 cm³/mol. The van der Waals surface area contributed by atoms with Crippen molar-refractivity contribution in [2.24, 2.45) is 0 Å². The first-order chi connectivity index (χ1) is 5.35. The van der Waals surface area contributed by atoms with E-state index in [0.29, 0.717) is 0 Å². The molecule has 12 heavy (non-hydrogen) atoms. The molecule has 0 radical (unpaired) electrons. The number of hydrogen-bond donors (Lipinski definition) is 0. The average Bonchev–Trinajstić information content (AvgIpc) is 1.80. The molecular weight excluding hydrogens is 232 g/mol. The van der Waals surface area contributed by atoms with Crippen LogP contribution in [0.2, 0.25) is 0 Å². The van der Waals surface area contributed by atoms with Gasteiger partial charge in [0.15, 0.2) is 0 Å². The molecule has 0 amide bonds. The van der Waals surface area contributed by atoms with Crippen LogP contribution in [0.4, 0.5) is 0 Å². The van der Waals surface area contributed by atoms with Crippen molar-refractivity contribution in [3.05, 3.63) is 0 Å². The zero-order valence-corrected chi connectivity index (χ0v) is 8.02. The summed E-state index contributed by atoms with van der Waals surface area (Å²) in [4.78, 5) is 0. The lowest BCUT2D eigenvalue weighted by Crippen LogP contribution is -2.37. The predicted octanol–water partition coefficient (Wildman–Crippen LogP) is -0.785. The van der Waals surface area contributed by atoms with E-state index in [1.807, 2.05) is 0 Å². The molecule has 0 aliphatic carbocycles. The Labute approximate surface area is 74.9 Å². The standard InChI is InChI=1S/C3H5ClO6S2/c4-1-3-2-11(5,6)10-12(7,8)9-3/h3H,1-2H2. The van der Waals surface area contributed by atoms with Crippen LogP contribution in [0.15, 0.2) is 0 Å². The summed E-state index contributed by atoms with van der Waals surface area (Å²) < 4.78 is 50.4. The summed E-state index contributed by atoms with van der Waals surface area (Å²) in [6, 6.07) is 0. The van der Waals surface area contributed by atoms with Gasteiger partial charge in [0.1, 0.15) is 11.9 Å². The minimum atomic E-state index is -4.42. The second-order valence-electron chi connectivity index (χ2n) is 2.07. The highest BCUT2D eigenvalue weighted by molar-refractivity contribution is 7.98. The van der Waals surface area contributed by atoms with Gasteiger partial charge in [0.05, 0.1) is 5.88 Å². The summed E-state index contributed by atoms with van der Waals surface area (Å²) in [5.74, 6) is -0.766. The summed E-state index contributed by atoms with van der Waals surface area (Å²) in [5.41, 5.74) is 0. The summed E-state index contributed by atoms with van der Waals surface area (Å²) in [7, 11) is -8.47.